The fourth-order valence-electron chi connectivity index (χ4n) is 15.0. The molecular formula is C102H108N12O12. The van der Waals surface area contributed by atoms with Gasteiger partial charge in [-0.2, -0.15) is 0 Å². The van der Waals surface area contributed by atoms with E-state index in [4.69, 9.17) is 28.4 Å². The Bertz CT molecular complexity index is 4510. The van der Waals surface area contributed by atoms with Crippen LogP contribution in [0.25, 0.3) is 0 Å². The molecule has 1 aliphatic rings. The van der Waals surface area contributed by atoms with Gasteiger partial charge in [-0.25, -0.2) is 0 Å². The van der Waals surface area contributed by atoms with Crippen LogP contribution in [-0.4, -0.2) is 144 Å². The molecule has 13 rings (SSSR count). The van der Waals surface area contributed by atoms with Gasteiger partial charge in [-0.3, -0.25) is 58.7 Å². The number of nitrogens with one attached hydrogen (secondary N) is 6. The van der Waals surface area contributed by atoms with Crippen LogP contribution in [-0.2, 0) is 38.5 Å². The SMILES string of the molecule is O=C(NCCCCOc1c2cccc1Cc1cccc(c1OCCCCNC(=O)c1ccccn1)Cc1cccc(c1OCCCCNC(=O)c1ccccn1)Cc1cccc(c1OCCCCNC(=O)c1ccccn1)Cc1cccc(c1OCCCCNC(=O)c1ccccn1)Cc1cccc(c1OCCCCNC(=O)c1ccccn1)C2)c1ccccn1. The van der Waals surface area contributed by atoms with Gasteiger partial charge in [-0.1, -0.05) is 146 Å². The number of pyridine rings is 6. The maximum absolute atomic E-state index is 13.2. The fraction of sp³-hybridized carbons (Fsp3) is 0.294. The lowest BCUT2D eigenvalue weighted by molar-refractivity contribution is 0.0939. The van der Waals surface area contributed by atoms with Crippen molar-refractivity contribution in [2.24, 2.45) is 0 Å². The van der Waals surface area contributed by atoms with Crippen molar-refractivity contribution in [2.45, 2.75) is 116 Å². The number of amides is 6. The minimum atomic E-state index is -0.250. The Morgan fingerprint density at radius 1 is 0.190 bits per heavy atom. The Kier molecular flexibility index (Phi) is 34.6. The molecule has 24 nitrogen and oxygen atoms in total. The van der Waals surface area contributed by atoms with Gasteiger partial charge in [0.2, 0.25) is 0 Å². The first kappa shape index (κ1) is 89.6. The van der Waals surface area contributed by atoms with Crippen LogP contribution in [0.5, 0.6) is 34.5 Å². The van der Waals surface area contributed by atoms with E-state index in [0.717, 1.165) is 66.8 Å². The number of fused-ring (bicyclic) bond motifs is 12. The van der Waals surface area contributed by atoms with Crippen molar-refractivity contribution in [1.82, 2.24) is 61.8 Å². The van der Waals surface area contributed by atoms with Crippen LogP contribution in [0.2, 0.25) is 0 Å². The minimum Gasteiger partial charge on any atom is -0.493 e. The quantitative estimate of drug-likeness (QED) is 0.0194. The summed E-state index contributed by atoms with van der Waals surface area (Å²) in [4.78, 5) is 105. The summed E-state index contributed by atoms with van der Waals surface area (Å²) >= 11 is 0. The molecule has 6 aromatic heterocycles. The summed E-state index contributed by atoms with van der Waals surface area (Å²) in [6.07, 6.45) is 19.4. The number of benzene rings is 6. The van der Waals surface area contributed by atoms with E-state index in [1.54, 1.807) is 146 Å². The Morgan fingerprint density at radius 2 is 0.333 bits per heavy atom. The molecule has 1 aliphatic carbocycles. The highest BCUT2D eigenvalue weighted by Gasteiger charge is 2.25. The van der Waals surface area contributed by atoms with Crippen molar-refractivity contribution in [3.8, 4) is 34.5 Å². The van der Waals surface area contributed by atoms with Gasteiger partial charge in [-0.05, 0) is 217 Å². The van der Waals surface area contributed by atoms with Crippen molar-refractivity contribution < 1.29 is 57.2 Å². The molecule has 6 amide bonds. The predicted octanol–water partition coefficient (Wildman–Crippen LogP) is 15.4. The summed E-state index contributed by atoms with van der Waals surface area (Å²) in [5, 5.41) is 18.2. The number of hydrogen-bond acceptors (Lipinski definition) is 18. The van der Waals surface area contributed by atoms with E-state index in [1.165, 1.54) is 0 Å². The summed E-state index contributed by atoms with van der Waals surface area (Å²) in [5.41, 5.74) is 13.1. The molecule has 0 unspecified atom stereocenters. The number of para-hydroxylation sites is 6. The summed E-state index contributed by atoms with van der Waals surface area (Å²) in [7, 11) is 0. The van der Waals surface area contributed by atoms with Gasteiger partial charge < -0.3 is 60.3 Å². The molecule has 6 N–H and O–H groups in total. The number of aromatic nitrogens is 6. The third-order valence-corrected chi connectivity index (χ3v) is 21.4. The average molecular weight is 1690 g/mol. The lowest BCUT2D eigenvalue weighted by atomic mass is 9.91. The number of ether oxygens (including phenoxy) is 6. The summed E-state index contributed by atoms with van der Waals surface area (Å²) in [6, 6.07) is 69.4. The highest BCUT2D eigenvalue weighted by Crippen LogP contribution is 2.41. The molecule has 648 valence electrons. The zero-order valence-corrected chi connectivity index (χ0v) is 71.0. The van der Waals surface area contributed by atoms with Crippen molar-refractivity contribution in [2.75, 3.05) is 78.9 Å². The molecule has 12 bridgehead atoms. The van der Waals surface area contributed by atoms with Crippen LogP contribution in [0.15, 0.2) is 256 Å². The molecule has 6 heterocycles. The molecule has 126 heavy (non-hydrogen) atoms. The highest BCUT2D eigenvalue weighted by atomic mass is 16.5. The van der Waals surface area contributed by atoms with Gasteiger partial charge in [0, 0.05) is 115 Å². The van der Waals surface area contributed by atoms with Crippen molar-refractivity contribution in [1.29, 1.82) is 0 Å². The minimum absolute atomic E-state index is 0.250. The van der Waals surface area contributed by atoms with Gasteiger partial charge in [0.05, 0.1) is 39.6 Å². The molecule has 0 aliphatic heterocycles. The Hall–Kier alpha value is -14.2. The number of carbonyl (C=O) groups excluding carboxylic acids is 6. The zero-order valence-electron chi connectivity index (χ0n) is 71.0. The van der Waals surface area contributed by atoms with E-state index in [-0.39, 0.29) is 35.4 Å². The molecule has 0 saturated carbocycles. The lowest BCUT2D eigenvalue weighted by Gasteiger charge is -2.23. The van der Waals surface area contributed by atoms with E-state index in [2.05, 4.69) is 171 Å². The zero-order chi connectivity index (χ0) is 87.0. The smallest absolute Gasteiger partial charge is 0.269 e. The topological polar surface area (TPSA) is 307 Å². The number of nitrogens with zero attached hydrogens (tertiary/aromatic N) is 6. The predicted molar refractivity (Wildman–Crippen MR) is 483 cm³/mol. The number of unbranched alkanes of at least 4 members (excludes halogenated alkanes) is 6. The van der Waals surface area contributed by atoms with Crippen LogP contribution in [0.3, 0.4) is 0 Å². The van der Waals surface area contributed by atoms with Crippen LogP contribution in [0.1, 0.15) is 207 Å². The van der Waals surface area contributed by atoms with E-state index in [1.807, 2.05) is 0 Å². The van der Waals surface area contributed by atoms with Crippen LogP contribution < -0.4 is 60.3 Å². The number of rotatable bonds is 42. The molecule has 6 aromatic carbocycles. The molecule has 24 heteroatoms. The Labute approximate surface area is 735 Å². The summed E-state index contributed by atoms with van der Waals surface area (Å²) in [5.74, 6) is 2.75. The van der Waals surface area contributed by atoms with E-state index in [9.17, 15) is 28.8 Å². The van der Waals surface area contributed by atoms with Crippen molar-refractivity contribution in [3.63, 3.8) is 0 Å². The molecule has 0 radical (unpaired) electrons. The molecule has 0 saturated heterocycles. The van der Waals surface area contributed by atoms with Crippen molar-refractivity contribution >= 4 is 35.4 Å². The highest BCUT2D eigenvalue weighted by molar-refractivity contribution is 5.94. The molecular weight excluding hydrogens is 1590 g/mol. The van der Waals surface area contributed by atoms with Crippen LogP contribution >= 0.6 is 0 Å². The Morgan fingerprint density at radius 3 is 0.460 bits per heavy atom. The first-order valence-corrected chi connectivity index (χ1v) is 43.6. The van der Waals surface area contributed by atoms with Gasteiger partial charge >= 0.3 is 0 Å². The first-order valence-electron chi connectivity index (χ1n) is 43.6. The van der Waals surface area contributed by atoms with Crippen LogP contribution in [0, 0.1) is 0 Å². The van der Waals surface area contributed by atoms with E-state index >= 15 is 0 Å². The van der Waals surface area contributed by atoms with E-state index in [0.29, 0.717) is 263 Å². The third kappa shape index (κ3) is 26.9. The molecule has 0 fully saturated rings. The third-order valence-electron chi connectivity index (χ3n) is 21.4. The van der Waals surface area contributed by atoms with Gasteiger partial charge in [0.25, 0.3) is 35.4 Å². The maximum Gasteiger partial charge on any atom is 0.269 e. The number of hydrogen-bond donors (Lipinski definition) is 6. The second-order valence-electron chi connectivity index (χ2n) is 30.7. The second kappa shape index (κ2) is 48.6. The average Bonchev–Trinajstić information content (AvgIpc) is 0.792. The van der Waals surface area contributed by atoms with Crippen molar-refractivity contribution in [3.05, 3.63) is 356 Å². The lowest BCUT2D eigenvalue weighted by Crippen LogP contribution is -2.25. The van der Waals surface area contributed by atoms with Gasteiger partial charge in [0.1, 0.15) is 68.7 Å². The normalized spacial score (nSPS) is 11.6. The number of carbonyl (C=O) groups is 6. The second-order valence-corrected chi connectivity index (χ2v) is 30.7. The van der Waals surface area contributed by atoms with E-state index < -0.39 is 0 Å². The van der Waals surface area contributed by atoms with Gasteiger partial charge in [0.15, 0.2) is 0 Å². The summed E-state index contributed by atoms with van der Waals surface area (Å²) in [6.45, 7) is 4.43. The largest absolute Gasteiger partial charge is 0.493 e. The monoisotopic (exact) mass is 1690 g/mol. The molecule has 0 atom stereocenters. The summed E-state index contributed by atoms with van der Waals surface area (Å²) < 4.78 is 43.0. The van der Waals surface area contributed by atoms with Gasteiger partial charge in [-0.15, -0.1) is 0 Å². The Balaban J connectivity index is 0.892. The molecule has 0 spiro atoms. The standard InChI is InChI=1S/C102H108N12O12/c115-97(85-43-1-7-49-103-85)109-55-13-19-61-121-91-73-31-25-32-74(91)68-76-34-27-36-78(93(76)123-63-21-15-57-111-99(117)87-45-3-9-51-105-87)70-80-38-29-40-82(95(80)125-65-23-17-59-113-101(119)89-47-5-11-53-107-89)72-84-42-30-41-83(96(84)126-66-24-18-60-114-102(120)90-48-6-12-54-108-90)71-81-39-28-37-79(94(81)124-64-22-16-58-112-100(118)88-46-4-10-52-106-88)69-77-35-26-33-75(67-73)92(77)122-62-20-14-56-110-98(116)86-44-2-8-50-104-86/h1-12,25-54H,13-24,55-72H2,(H,109,115)(H,110,116)(H,111,117)(H,112,118)(H,113,119)(H,114,120). The fourth-order valence-corrected chi connectivity index (χ4v) is 15.0. The maximum atomic E-state index is 13.2. The van der Waals surface area contributed by atoms with Crippen LogP contribution in [0.4, 0.5) is 0 Å². The first-order chi connectivity index (χ1) is 62.1. The molecule has 12 aromatic rings.